The summed E-state index contributed by atoms with van der Waals surface area (Å²) in [6.45, 7) is 13.8. The van der Waals surface area contributed by atoms with Crippen LogP contribution in [0.1, 0.15) is 227 Å². The van der Waals surface area contributed by atoms with Crippen LogP contribution >= 0.6 is 0 Å². The molecule has 2 atom stereocenters. The van der Waals surface area contributed by atoms with Gasteiger partial charge in [0.25, 0.3) is 0 Å². The third-order valence-electron chi connectivity index (χ3n) is 10.6. The van der Waals surface area contributed by atoms with Crippen molar-refractivity contribution in [1.82, 2.24) is 4.90 Å². The highest BCUT2D eigenvalue weighted by Gasteiger charge is 2.20. The van der Waals surface area contributed by atoms with Crippen LogP contribution in [-0.4, -0.2) is 61.4 Å². The predicted molar refractivity (Wildman–Crippen MR) is 218 cm³/mol. The van der Waals surface area contributed by atoms with Crippen LogP contribution in [0.5, 0.6) is 0 Å². The molecule has 1 N–H and O–H groups in total. The number of nitrogens with zero attached hydrogens (tertiary/aromatic N) is 1. The maximum Gasteiger partial charge on any atom is 0.308 e. The maximum absolute atomic E-state index is 12.6. The van der Waals surface area contributed by atoms with Crippen molar-refractivity contribution in [2.75, 3.05) is 39.5 Å². The van der Waals surface area contributed by atoms with Crippen LogP contribution in [0.15, 0.2) is 0 Å². The molecule has 0 heterocycles. The van der Waals surface area contributed by atoms with Crippen LogP contribution in [0.25, 0.3) is 0 Å². The SMILES string of the molecule is CCCCCCC(CCCC)C(=O)OCCCCCCCCCN(CCCCO)CCCCCCCCCOC(=O)C(CCCC)CCCCC. The van der Waals surface area contributed by atoms with E-state index in [0.717, 1.165) is 109 Å². The molecule has 0 aromatic heterocycles. The molecule has 0 bridgehead atoms. The van der Waals surface area contributed by atoms with Crippen molar-refractivity contribution in [3.8, 4) is 0 Å². The molecule has 0 aliphatic rings. The van der Waals surface area contributed by atoms with Gasteiger partial charge in [0.2, 0.25) is 0 Å². The molecule has 0 aromatic rings. The fourth-order valence-electron chi connectivity index (χ4n) is 7.13. The first-order chi connectivity index (χ1) is 25.0. The van der Waals surface area contributed by atoms with Gasteiger partial charge in [0, 0.05) is 6.61 Å². The second-order valence-electron chi connectivity index (χ2n) is 15.6. The van der Waals surface area contributed by atoms with Crippen molar-refractivity contribution in [1.29, 1.82) is 0 Å². The topological polar surface area (TPSA) is 76.1 Å². The van der Waals surface area contributed by atoms with Gasteiger partial charge in [-0.15, -0.1) is 0 Å². The molecule has 2 unspecified atom stereocenters. The lowest BCUT2D eigenvalue weighted by atomic mass is 9.95. The molecule has 0 saturated carbocycles. The van der Waals surface area contributed by atoms with Gasteiger partial charge in [0.15, 0.2) is 0 Å². The van der Waals surface area contributed by atoms with E-state index in [0.29, 0.717) is 19.8 Å². The first-order valence-corrected chi connectivity index (χ1v) is 22.7. The molecule has 0 saturated heterocycles. The fourth-order valence-corrected chi connectivity index (χ4v) is 7.13. The Morgan fingerprint density at radius 2 is 0.725 bits per heavy atom. The third-order valence-corrected chi connectivity index (χ3v) is 10.6. The lowest BCUT2D eigenvalue weighted by molar-refractivity contribution is -0.150. The van der Waals surface area contributed by atoms with Crippen molar-refractivity contribution in [3.05, 3.63) is 0 Å². The minimum absolute atomic E-state index is 0.0496. The zero-order valence-corrected chi connectivity index (χ0v) is 34.8. The van der Waals surface area contributed by atoms with Crippen LogP contribution in [0.2, 0.25) is 0 Å². The molecule has 304 valence electrons. The highest BCUT2D eigenvalue weighted by molar-refractivity contribution is 5.72. The fraction of sp³-hybridized carbons (Fsp3) is 0.956. The molecule has 0 rings (SSSR count). The number of ether oxygens (including phenoxy) is 2. The Kier molecular flexibility index (Phi) is 39.2. The van der Waals surface area contributed by atoms with Crippen LogP contribution in [0.3, 0.4) is 0 Å². The molecule has 51 heavy (non-hydrogen) atoms. The number of hydrogen-bond acceptors (Lipinski definition) is 6. The second kappa shape index (κ2) is 40.1. The van der Waals surface area contributed by atoms with E-state index in [-0.39, 0.29) is 23.8 Å². The first kappa shape index (κ1) is 49.9. The highest BCUT2D eigenvalue weighted by Crippen LogP contribution is 2.21. The van der Waals surface area contributed by atoms with E-state index < -0.39 is 0 Å². The van der Waals surface area contributed by atoms with E-state index in [2.05, 4.69) is 32.6 Å². The summed E-state index contributed by atoms with van der Waals surface area (Å²) in [6, 6.07) is 0. The average Bonchev–Trinajstić information content (AvgIpc) is 3.13. The van der Waals surface area contributed by atoms with E-state index in [1.54, 1.807) is 0 Å². The Labute approximate surface area is 318 Å². The smallest absolute Gasteiger partial charge is 0.308 e. The number of carbonyl (C=O) groups excluding carboxylic acids is 2. The van der Waals surface area contributed by atoms with Gasteiger partial charge in [-0.3, -0.25) is 9.59 Å². The highest BCUT2D eigenvalue weighted by atomic mass is 16.5. The van der Waals surface area contributed by atoms with Gasteiger partial charge in [0.05, 0.1) is 25.0 Å². The number of rotatable bonds is 41. The number of carbonyl (C=O) groups is 2. The molecular weight excluding hydrogens is 634 g/mol. The quantitative estimate of drug-likeness (QED) is 0.0500. The van der Waals surface area contributed by atoms with Gasteiger partial charge < -0.3 is 19.5 Å². The Morgan fingerprint density at radius 1 is 0.412 bits per heavy atom. The minimum Gasteiger partial charge on any atom is -0.465 e. The van der Waals surface area contributed by atoms with Crippen LogP contribution in [-0.2, 0) is 19.1 Å². The Morgan fingerprint density at radius 3 is 1.14 bits per heavy atom. The molecule has 0 fully saturated rings. The van der Waals surface area contributed by atoms with E-state index in [1.165, 1.54) is 109 Å². The van der Waals surface area contributed by atoms with E-state index >= 15 is 0 Å². The Hall–Kier alpha value is -1.14. The molecule has 6 nitrogen and oxygen atoms in total. The molecule has 0 aromatic carbocycles. The summed E-state index contributed by atoms with van der Waals surface area (Å²) in [5.74, 6) is 0.323. The maximum atomic E-state index is 12.6. The predicted octanol–water partition coefficient (Wildman–Crippen LogP) is 12.8. The summed E-state index contributed by atoms with van der Waals surface area (Å²) >= 11 is 0. The summed E-state index contributed by atoms with van der Waals surface area (Å²) in [6.07, 6.45) is 35.9. The molecule has 0 aliphatic heterocycles. The largest absolute Gasteiger partial charge is 0.465 e. The number of aliphatic hydroxyl groups excluding tert-OH is 1. The summed E-state index contributed by atoms with van der Waals surface area (Å²) in [5.41, 5.74) is 0. The standard InChI is InChI=1S/C45H89NO5/c1-5-9-13-25-35-43(33-12-8-4)45(49)51-41-31-23-19-15-17-21-27-37-46(38-28-29-39-47)36-26-20-16-14-18-22-30-40-50-44(48)42(32-11-7-3)34-24-10-6-2/h42-43,47H,5-41H2,1-4H3. The van der Waals surface area contributed by atoms with E-state index in [9.17, 15) is 14.7 Å². The summed E-state index contributed by atoms with van der Waals surface area (Å²) < 4.78 is 11.4. The number of hydrogen-bond donors (Lipinski definition) is 1. The zero-order valence-electron chi connectivity index (χ0n) is 34.8. The van der Waals surface area contributed by atoms with Gasteiger partial charge in [-0.1, -0.05) is 163 Å². The monoisotopic (exact) mass is 724 g/mol. The van der Waals surface area contributed by atoms with Crippen LogP contribution in [0, 0.1) is 11.8 Å². The third kappa shape index (κ3) is 33.2. The van der Waals surface area contributed by atoms with Gasteiger partial charge in [-0.2, -0.15) is 0 Å². The van der Waals surface area contributed by atoms with Crippen molar-refractivity contribution in [2.45, 2.75) is 227 Å². The Balaban J connectivity index is 3.98. The van der Waals surface area contributed by atoms with E-state index in [4.69, 9.17) is 9.47 Å². The van der Waals surface area contributed by atoms with Crippen molar-refractivity contribution in [2.24, 2.45) is 11.8 Å². The van der Waals surface area contributed by atoms with Crippen molar-refractivity contribution < 1.29 is 24.2 Å². The Bertz CT molecular complexity index is 731. The molecule has 0 radical (unpaired) electrons. The van der Waals surface area contributed by atoms with Gasteiger partial charge in [0.1, 0.15) is 0 Å². The number of unbranched alkanes of at least 4 members (excludes halogenated alkanes) is 20. The normalized spacial score (nSPS) is 12.7. The molecule has 0 aliphatic carbocycles. The average molecular weight is 724 g/mol. The number of esters is 2. The summed E-state index contributed by atoms with van der Waals surface area (Å²) in [7, 11) is 0. The number of aliphatic hydroxyl groups is 1. The van der Waals surface area contributed by atoms with Crippen molar-refractivity contribution in [3.63, 3.8) is 0 Å². The van der Waals surface area contributed by atoms with Gasteiger partial charge in [-0.05, 0) is 83.8 Å². The van der Waals surface area contributed by atoms with Gasteiger partial charge in [-0.25, -0.2) is 0 Å². The zero-order chi connectivity index (χ0) is 37.5. The van der Waals surface area contributed by atoms with E-state index in [1.807, 2.05) is 0 Å². The summed E-state index contributed by atoms with van der Waals surface area (Å²) in [5, 5.41) is 9.26. The lowest BCUT2D eigenvalue weighted by Crippen LogP contribution is -2.27. The second-order valence-corrected chi connectivity index (χ2v) is 15.6. The van der Waals surface area contributed by atoms with Crippen LogP contribution < -0.4 is 0 Å². The minimum atomic E-state index is 0.0496. The molecule has 0 spiro atoms. The van der Waals surface area contributed by atoms with Crippen molar-refractivity contribution >= 4 is 11.9 Å². The first-order valence-electron chi connectivity index (χ1n) is 22.7. The molecule has 0 amide bonds. The molecular formula is C45H89NO5. The van der Waals surface area contributed by atoms with Gasteiger partial charge >= 0.3 is 11.9 Å². The van der Waals surface area contributed by atoms with Crippen LogP contribution in [0.4, 0.5) is 0 Å². The molecule has 6 heteroatoms. The lowest BCUT2D eigenvalue weighted by Gasteiger charge is -2.22. The summed E-state index contributed by atoms with van der Waals surface area (Å²) in [4.78, 5) is 27.9.